The van der Waals surface area contributed by atoms with Crippen molar-refractivity contribution in [2.75, 3.05) is 31.2 Å². The molecule has 0 amide bonds. The number of ether oxygens (including phenoxy) is 1. The molecule has 0 aliphatic carbocycles. The Morgan fingerprint density at radius 3 is 2.28 bits per heavy atom. The van der Waals surface area contributed by atoms with Crippen LogP contribution in [-0.4, -0.2) is 44.9 Å². The van der Waals surface area contributed by atoms with E-state index in [-0.39, 0.29) is 16.7 Å². The van der Waals surface area contributed by atoms with Crippen LogP contribution in [0.25, 0.3) is 11.4 Å². The van der Waals surface area contributed by atoms with Crippen LogP contribution in [0.4, 0.5) is 5.69 Å². The van der Waals surface area contributed by atoms with Gasteiger partial charge in [-0.1, -0.05) is 36.7 Å². The van der Waals surface area contributed by atoms with Gasteiger partial charge in [0.25, 0.3) is 0 Å². The summed E-state index contributed by atoms with van der Waals surface area (Å²) in [4.78, 5) is 6.97. The number of sulfonamides is 1. The molecule has 0 radical (unpaired) electrons. The van der Waals surface area contributed by atoms with Crippen LogP contribution in [0.15, 0.2) is 57.9 Å². The van der Waals surface area contributed by atoms with Crippen molar-refractivity contribution in [2.45, 2.75) is 31.7 Å². The van der Waals surface area contributed by atoms with Gasteiger partial charge in [-0.25, -0.2) is 8.42 Å². The first-order valence-electron chi connectivity index (χ1n) is 10.7. The minimum absolute atomic E-state index is 0.0905. The minimum Gasteiger partial charge on any atom is -0.378 e. The highest BCUT2D eigenvalue weighted by Crippen LogP contribution is 2.27. The lowest BCUT2D eigenvalue weighted by Crippen LogP contribution is -2.36. The van der Waals surface area contributed by atoms with E-state index in [0.29, 0.717) is 5.82 Å². The predicted octanol–water partition coefficient (Wildman–Crippen LogP) is 3.56. The minimum atomic E-state index is -3.74. The largest absolute Gasteiger partial charge is 0.378 e. The summed E-state index contributed by atoms with van der Waals surface area (Å²) in [5.74, 6) is 0.573. The number of morpholine rings is 1. The SMILES string of the molecule is Cc1ccc(S(=O)(=O)N[C@@H](c2nc(-c3ccc(N4CCOCC4)cc3)no2)C(C)C)cc1. The maximum Gasteiger partial charge on any atom is 0.245 e. The molecule has 2 aromatic carbocycles. The van der Waals surface area contributed by atoms with Crippen molar-refractivity contribution in [3.05, 3.63) is 60.0 Å². The van der Waals surface area contributed by atoms with Gasteiger partial charge in [-0.2, -0.15) is 9.71 Å². The monoisotopic (exact) mass is 456 g/mol. The van der Waals surface area contributed by atoms with Gasteiger partial charge in [0.15, 0.2) is 0 Å². The number of nitrogens with zero attached hydrogens (tertiary/aromatic N) is 3. The summed E-state index contributed by atoms with van der Waals surface area (Å²) in [5.41, 5.74) is 2.91. The van der Waals surface area contributed by atoms with E-state index >= 15 is 0 Å². The summed E-state index contributed by atoms with van der Waals surface area (Å²) >= 11 is 0. The molecule has 3 aromatic rings. The third-order valence-corrected chi connectivity index (χ3v) is 6.95. The second-order valence-corrected chi connectivity index (χ2v) is 9.97. The van der Waals surface area contributed by atoms with Crippen LogP contribution < -0.4 is 9.62 Å². The highest BCUT2D eigenvalue weighted by Gasteiger charge is 2.28. The fourth-order valence-corrected chi connectivity index (χ4v) is 4.88. The molecule has 1 aromatic heterocycles. The smallest absolute Gasteiger partial charge is 0.245 e. The van der Waals surface area contributed by atoms with E-state index in [4.69, 9.17) is 9.26 Å². The maximum atomic E-state index is 12.9. The number of hydrogen-bond donors (Lipinski definition) is 1. The van der Waals surface area contributed by atoms with Crippen LogP contribution in [0, 0.1) is 12.8 Å². The Morgan fingerprint density at radius 1 is 1.00 bits per heavy atom. The average molecular weight is 457 g/mol. The standard InChI is InChI=1S/C23H28N4O4S/c1-16(2)21(26-32(28,29)20-10-4-17(3)5-11-20)23-24-22(25-31-23)18-6-8-19(9-7-18)27-12-14-30-15-13-27/h4-11,16,21,26H,12-15H2,1-3H3/t21-/m1/s1. The normalized spacial score (nSPS) is 15.8. The topological polar surface area (TPSA) is 97.6 Å². The van der Waals surface area contributed by atoms with E-state index in [1.54, 1.807) is 24.3 Å². The van der Waals surface area contributed by atoms with Crippen molar-refractivity contribution in [1.82, 2.24) is 14.9 Å². The molecule has 4 rings (SSSR count). The van der Waals surface area contributed by atoms with Gasteiger partial charge in [0.05, 0.1) is 18.1 Å². The van der Waals surface area contributed by atoms with Crippen LogP contribution in [-0.2, 0) is 14.8 Å². The van der Waals surface area contributed by atoms with Crippen molar-refractivity contribution in [3.63, 3.8) is 0 Å². The van der Waals surface area contributed by atoms with E-state index in [9.17, 15) is 8.42 Å². The van der Waals surface area contributed by atoms with Gasteiger partial charge in [0.2, 0.25) is 21.7 Å². The molecule has 0 bridgehead atoms. The molecule has 2 heterocycles. The molecule has 32 heavy (non-hydrogen) atoms. The number of nitrogens with one attached hydrogen (secondary N) is 1. The van der Waals surface area contributed by atoms with E-state index in [2.05, 4.69) is 19.8 Å². The Morgan fingerprint density at radius 2 is 1.66 bits per heavy atom. The van der Waals surface area contributed by atoms with E-state index in [0.717, 1.165) is 43.1 Å². The lowest BCUT2D eigenvalue weighted by Gasteiger charge is -2.28. The van der Waals surface area contributed by atoms with Gasteiger partial charge in [0, 0.05) is 24.3 Å². The molecule has 0 unspecified atom stereocenters. The molecule has 170 valence electrons. The maximum absolute atomic E-state index is 12.9. The zero-order valence-corrected chi connectivity index (χ0v) is 19.3. The first-order valence-corrected chi connectivity index (χ1v) is 12.2. The van der Waals surface area contributed by atoms with E-state index < -0.39 is 16.1 Å². The second kappa shape index (κ2) is 9.40. The Kier molecular flexibility index (Phi) is 6.59. The Labute approximate surface area is 188 Å². The summed E-state index contributed by atoms with van der Waals surface area (Å²) in [5, 5.41) is 4.09. The number of aromatic nitrogens is 2. The average Bonchev–Trinajstić information content (AvgIpc) is 3.28. The first-order chi connectivity index (χ1) is 15.3. The molecule has 9 heteroatoms. The molecule has 0 spiro atoms. The van der Waals surface area contributed by atoms with Gasteiger partial charge >= 0.3 is 0 Å². The zero-order valence-electron chi connectivity index (χ0n) is 18.5. The molecule has 8 nitrogen and oxygen atoms in total. The number of rotatable bonds is 7. The lowest BCUT2D eigenvalue weighted by molar-refractivity contribution is 0.122. The van der Waals surface area contributed by atoms with Gasteiger partial charge in [0.1, 0.15) is 6.04 Å². The quantitative estimate of drug-likeness (QED) is 0.580. The number of anilines is 1. The highest BCUT2D eigenvalue weighted by atomic mass is 32.2. The molecule has 0 saturated carbocycles. The van der Waals surface area contributed by atoms with Crippen LogP contribution in [0.3, 0.4) is 0 Å². The molecular formula is C23H28N4O4S. The van der Waals surface area contributed by atoms with E-state index in [1.807, 2.05) is 45.0 Å². The highest BCUT2D eigenvalue weighted by molar-refractivity contribution is 7.89. The molecule has 1 N–H and O–H groups in total. The van der Waals surface area contributed by atoms with Crippen molar-refractivity contribution >= 4 is 15.7 Å². The molecular weight excluding hydrogens is 428 g/mol. The van der Waals surface area contributed by atoms with Crippen molar-refractivity contribution in [3.8, 4) is 11.4 Å². The zero-order chi connectivity index (χ0) is 22.7. The number of benzene rings is 2. The molecule has 1 aliphatic heterocycles. The fourth-order valence-electron chi connectivity index (χ4n) is 3.55. The van der Waals surface area contributed by atoms with Gasteiger partial charge in [-0.3, -0.25) is 0 Å². The van der Waals surface area contributed by atoms with Gasteiger partial charge < -0.3 is 14.2 Å². The summed E-state index contributed by atoms with van der Waals surface area (Å²) < 4.78 is 39.4. The Balaban J connectivity index is 1.53. The van der Waals surface area contributed by atoms with Crippen LogP contribution >= 0.6 is 0 Å². The Hall–Kier alpha value is -2.75. The van der Waals surface area contributed by atoms with Crippen LogP contribution in [0.2, 0.25) is 0 Å². The molecule has 1 saturated heterocycles. The summed E-state index contributed by atoms with van der Waals surface area (Å²) in [6.07, 6.45) is 0. The number of aryl methyl sites for hydroxylation is 1. The van der Waals surface area contributed by atoms with Crippen molar-refractivity contribution < 1.29 is 17.7 Å². The summed E-state index contributed by atoms with van der Waals surface area (Å²) in [6, 6.07) is 14.0. The number of hydrogen-bond acceptors (Lipinski definition) is 7. The first kappa shape index (κ1) is 22.4. The fraction of sp³-hybridized carbons (Fsp3) is 0.391. The molecule has 1 aliphatic rings. The van der Waals surface area contributed by atoms with Gasteiger partial charge in [-0.15, -0.1) is 0 Å². The molecule has 1 atom stereocenters. The second-order valence-electron chi connectivity index (χ2n) is 8.26. The Bertz CT molecular complexity index is 1140. The van der Waals surface area contributed by atoms with E-state index in [1.165, 1.54) is 0 Å². The van der Waals surface area contributed by atoms with Crippen LogP contribution in [0.1, 0.15) is 31.3 Å². The predicted molar refractivity (Wildman–Crippen MR) is 122 cm³/mol. The summed E-state index contributed by atoms with van der Waals surface area (Å²) in [7, 11) is -3.74. The lowest BCUT2D eigenvalue weighted by atomic mass is 10.1. The van der Waals surface area contributed by atoms with Crippen molar-refractivity contribution in [2.24, 2.45) is 5.92 Å². The third kappa shape index (κ3) is 5.01. The van der Waals surface area contributed by atoms with Gasteiger partial charge in [-0.05, 0) is 49.2 Å². The summed E-state index contributed by atoms with van der Waals surface area (Å²) in [6.45, 7) is 8.91. The molecule has 1 fully saturated rings. The van der Waals surface area contributed by atoms with Crippen LogP contribution in [0.5, 0.6) is 0 Å². The van der Waals surface area contributed by atoms with Crippen molar-refractivity contribution in [1.29, 1.82) is 0 Å². The third-order valence-electron chi connectivity index (χ3n) is 5.49.